The molecule has 2 aromatic heterocycles. The highest BCUT2D eigenvalue weighted by atomic mass is 19.4. The van der Waals surface area contributed by atoms with Gasteiger partial charge >= 0.3 is 6.18 Å². The zero-order valence-electron chi connectivity index (χ0n) is 9.35. The maximum absolute atomic E-state index is 12.8. The normalized spacial score (nSPS) is 11.3. The summed E-state index contributed by atoms with van der Waals surface area (Å²) >= 11 is 0. The van der Waals surface area contributed by atoms with E-state index in [9.17, 15) is 18.0 Å². The van der Waals surface area contributed by atoms with Gasteiger partial charge in [-0.25, -0.2) is 0 Å². The van der Waals surface area contributed by atoms with Gasteiger partial charge < -0.3 is 5.73 Å². The molecule has 0 spiro atoms. The lowest BCUT2D eigenvalue weighted by Gasteiger charge is -2.11. The van der Waals surface area contributed by atoms with Gasteiger partial charge in [0.25, 0.3) is 5.91 Å². The maximum Gasteiger partial charge on any atom is 0.418 e. The van der Waals surface area contributed by atoms with Crippen LogP contribution in [0, 0.1) is 0 Å². The van der Waals surface area contributed by atoms with Crippen molar-refractivity contribution < 1.29 is 18.0 Å². The van der Waals surface area contributed by atoms with Crippen LogP contribution < -0.4 is 5.73 Å². The minimum Gasteiger partial charge on any atom is -0.364 e. The van der Waals surface area contributed by atoms with Crippen LogP contribution in [0.25, 0.3) is 11.3 Å². The van der Waals surface area contributed by atoms with Crippen LogP contribution in [0.15, 0.2) is 30.6 Å². The Kier molecular flexibility index (Phi) is 3.16. The average molecular weight is 268 g/mol. The van der Waals surface area contributed by atoms with Gasteiger partial charge in [-0.15, -0.1) is 5.10 Å². The average Bonchev–Trinajstić information content (AvgIpc) is 2.38. The molecule has 19 heavy (non-hydrogen) atoms. The summed E-state index contributed by atoms with van der Waals surface area (Å²) < 4.78 is 38.5. The summed E-state index contributed by atoms with van der Waals surface area (Å²) in [7, 11) is 0. The number of alkyl halides is 3. The van der Waals surface area contributed by atoms with Crippen molar-refractivity contribution in [3.05, 3.63) is 41.9 Å². The Balaban J connectivity index is 2.60. The summed E-state index contributed by atoms with van der Waals surface area (Å²) in [6.45, 7) is 0. The van der Waals surface area contributed by atoms with Crippen LogP contribution in [0.4, 0.5) is 13.2 Å². The first-order valence-electron chi connectivity index (χ1n) is 5.04. The maximum atomic E-state index is 12.8. The minimum atomic E-state index is -4.56. The molecule has 0 aliphatic carbocycles. The summed E-state index contributed by atoms with van der Waals surface area (Å²) in [5.74, 6) is -0.876. The van der Waals surface area contributed by atoms with E-state index in [1.54, 1.807) is 0 Å². The van der Waals surface area contributed by atoms with Crippen LogP contribution in [0.1, 0.15) is 16.1 Å². The molecule has 0 saturated heterocycles. The highest BCUT2D eigenvalue weighted by Gasteiger charge is 2.34. The van der Waals surface area contributed by atoms with Crippen LogP contribution in [0.3, 0.4) is 0 Å². The van der Waals surface area contributed by atoms with Crippen molar-refractivity contribution in [1.29, 1.82) is 0 Å². The molecular formula is C11H7F3N4O. The molecule has 2 N–H and O–H groups in total. The van der Waals surface area contributed by atoms with Crippen molar-refractivity contribution in [2.45, 2.75) is 6.18 Å². The van der Waals surface area contributed by atoms with E-state index in [0.29, 0.717) is 0 Å². The molecule has 0 fully saturated rings. The van der Waals surface area contributed by atoms with E-state index >= 15 is 0 Å². The topological polar surface area (TPSA) is 81.8 Å². The van der Waals surface area contributed by atoms with Gasteiger partial charge in [-0.2, -0.15) is 18.3 Å². The second-order valence-electron chi connectivity index (χ2n) is 3.59. The van der Waals surface area contributed by atoms with Crippen molar-refractivity contribution in [2.75, 3.05) is 0 Å². The van der Waals surface area contributed by atoms with E-state index in [-0.39, 0.29) is 17.0 Å². The minimum absolute atomic E-state index is 0.0247. The lowest BCUT2D eigenvalue weighted by Crippen LogP contribution is -2.14. The number of nitrogens with two attached hydrogens (primary N) is 1. The molecule has 0 aliphatic rings. The SMILES string of the molecule is NC(=O)c1cc(-c2ncccc2C(F)(F)F)cnn1. The van der Waals surface area contributed by atoms with E-state index in [4.69, 9.17) is 5.73 Å². The van der Waals surface area contributed by atoms with Crippen LogP contribution >= 0.6 is 0 Å². The predicted molar refractivity (Wildman–Crippen MR) is 58.8 cm³/mol. The van der Waals surface area contributed by atoms with Crippen molar-refractivity contribution >= 4 is 5.91 Å². The molecule has 8 heteroatoms. The number of hydrogen-bond acceptors (Lipinski definition) is 4. The summed E-state index contributed by atoms with van der Waals surface area (Å²) in [5.41, 5.74) is 3.55. The summed E-state index contributed by atoms with van der Waals surface area (Å²) in [5, 5.41) is 6.87. The van der Waals surface area contributed by atoms with E-state index in [2.05, 4.69) is 15.2 Å². The third-order valence-electron chi connectivity index (χ3n) is 2.29. The first kappa shape index (κ1) is 12.9. The van der Waals surface area contributed by atoms with Gasteiger partial charge in [0.15, 0.2) is 5.69 Å². The van der Waals surface area contributed by atoms with Gasteiger partial charge in [-0.05, 0) is 18.2 Å². The molecule has 0 saturated carbocycles. The highest BCUT2D eigenvalue weighted by Crippen LogP contribution is 2.35. The van der Waals surface area contributed by atoms with E-state index in [1.807, 2.05) is 0 Å². The van der Waals surface area contributed by atoms with Gasteiger partial charge in [0.1, 0.15) is 0 Å². The summed E-state index contributed by atoms with van der Waals surface area (Å²) in [4.78, 5) is 14.6. The second-order valence-corrected chi connectivity index (χ2v) is 3.59. The Labute approximate surface area is 105 Å². The van der Waals surface area contributed by atoms with Crippen molar-refractivity contribution in [3.8, 4) is 11.3 Å². The molecule has 0 bridgehead atoms. The second kappa shape index (κ2) is 4.63. The Hall–Kier alpha value is -2.51. The fourth-order valence-corrected chi connectivity index (χ4v) is 1.48. The smallest absolute Gasteiger partial charge is 0.364 e. The Morgan fingerprint density at radius 3 is 2.68 bits per heavy atom. The van der Waals surface area contributed by atoms with Crippen LogP contribution in [0.5, 0.6) is 0 Å². The monoisotopic (exact) mass is 268 g/mol. The van der Waals surface area contributed by atoms with Crippen LogP contribution in [0.2, 0.25) is 0 Å². The lowest BCUT2D eigenvalue weighted by atomic mass is 10.1. The fraction of sp³-hybridized carbons (Fsp3) is 0.0909. The summed E-state index contributed by atoms with van der Waals surface area (Å²) in [6.07, 6.45) is -2.25. The molecule has 98 valence electrons. The van der Waals surface area contributed by atoms with Gasteiger partial charge in [0, 0.05) is 11.8 Å². The molecule has 2 heterocycles. The predicted octanol–water partition coefficient (Wildman–Crippen LogP) is 1.66. The number of pyridine rings is 1. The zero-order valence-corrected chi connectivity index (χ0v) is 9.35. The molecule has 2 rings (SSSR count). The van der Waals surface area contributed by atoms with E-state index < -0.39 is 17.6 Å². The number of aromatic nitrogens is 3. The number of nitrogens with zero attached hydrogens (tertiary/aromatic N) is 3. The van der Waals surface area contributed by atoms with Crippen LogP contribution in [-0.4, -0.2) is 21.1 Å². The van der Waals surface area contributed by atoms with Gasteiger partial charge in [0.2, 0.25) is 0 Å². The molecule has 2 aromatic rings. The molecule has 0 unspecified atom stereocenters. The molecule has 5 nitrogen and oxygen atoms in total. The third-order valence-corrected chi connectivity index (χ3v) is 2.29. The number of carbonyl (C=O) groups excluding carboxylic acids is 1. The van der Waals surface area contributed by atoms with Crippen molar-refractivity contribution in [2.24, 2.45) is 5.73 Å². The number of rotatable bonds is 2. The van der Waals surface area contributed by atoms with Crippen LogP contribution in [-0.2, 0) is 6.18 Å². The zero-order chi connectivity index (χ0) is 14.0. The van der Waals surface area contributed by atoms with Gasteiger partial charge in [-0.3, -0.25) is 9.78 Å². The standard InChI is InChI=1S/C11H7F3N4O/c12-11(13,14)7-2-1-3-16-9(7)6-4-8(10(15)19)18-17-5-6/h1-5H,(H2,15,19). The first-order valence-corrected chi connectivity index (χ1v) is 5.04. The fourth-order valence-electron chi connectivity index (χ4n) is 1.48. The lowest BCUT2D eigenvalue weighted by molar-refractivity contribution is -0.137. The number of halogens is 3. The molecule has 1 amide bonds. The number of hydrogen-bond donors (Lipinski definition) is 1. The number of primary amides is 1. The Morgan fingerprint density at radius 2 is 2.05 bits per heavy atom. The third kappa shape index (κ3) is 2.67. The molecular weight excluding hydrogens is 261 g/mol. The summed E-state index contributed by atoms with van der Waals surface area (Å²) in [6, 6.07) is 3.19. The van der Waals surface area contributed by atoms with Crippen molar-refractivity contribution in [3.63, 3.8) is 0 Å². The molecule has 0 radical (unpaired) electrons. The van der Waals surface area contributed by atoms with E-state index in [1.165, 1.54) is 12.3 Å². The molecule has 0 atom stereocenters. The molecule has 0 aromatic carbocycles. The Morgan fingerprint density at radius 1 is 1.32 bits per heavy atom. The first-order chi connectivity index (χ1) is 8.89. The molecule has 0 aliphatic heterocycles. The van der Waals surface area contributed by atoms with Gasteiger partial charge in [-0.1, -0.05) is 0 Å². The van der Waals surface area contributed by atoms with E-state index in [0.717, 1.165) is 18.3 Å². The quantitative estimate of drug-likeness (QED) is 0.897. The number of carbonyl (C=O) groups is 1. The van der Waals surface area contributed by atoms with Gasteiger partial charge in [0.05, 0.1) is 17.5 Å². The van der Waals surface area contributed by atoms with Crippen molar-refractivity contribution in [1.82, 2.24) is 15.2 Å². The Bertz CT molecular complexity index is 627. The number of amides is 1. The highest BCUT2D eigenvalue weighted by molar-refractivity contribution is 5.91. The largest absolute Gasteiger partial charge is 0.418 e.